The smallest absolute Gasteiger partial charge is 0.188 e. The minimum Gasteiger partial charge on any atom is -0.289 e. The van der Waals surface area contributed by atoms with Crippen LogP contribution in [0.4, 0.5) is 0 Å². The lowest BCUT2D eigenvalue weighted by Gasteiger charge is -2.01. The zero-order valence-corrected chi connectivity index (χ0v) is 7.29. The number of nitrogens with zero attached hydrogens (tertiary/aromatic N) is 1. The van der Waals surface area contributed by atoms with Crippen LogP contribution in [-0.4, -0.2) is 10.8 Å². The molecule has 1 rings (SSSR count). The number of carbonyl (C=O) groups excluding carboxylic acids is 1. The van der Waals surface area contributed by atoms with Crippen molar-refractivity contribution >= 4 is 5.78 Å². The highest BCUT2D eigenvalue weighted by Gasteiger charge is 2.07. The van der Waals surface area contributed by atoms with Crippen molar-refractivity contribution in [3.63, 3.8) is 0 Å². The number of hydrogen-bond donors (Lipinski definition) is 0. The number of ketones is 1. The van der Waals surface area contributed by atoms with Crippen molar-refractivity contribution in [2.75, 3.05) is 0 Å². The fourth-order valence-corrected chi connectivity index (χ4v) is 0.958. The largest absolute Gasteiger partial charge is 0.289 e. The number of Topliss-reactive ketones (excluding diaryl/α,β-unsaturated/α-hetero) is 1. The summed E-state index contributed by atoms with van der Waals surface area (Å²) in [4.78, 5) is 15.3. The molecule has 0 fully saturated rings. The summed E-state index contributed by atoms with van der Waals surface area (Å²) in [5.74, 6) is -0.00472. The predicted octanol–water partition coefficient (Wildman–Crippen LogP) is 2.15. The molecule has 1 heterocycles. The fraction of sp³-hybridized carbons (Fsp3) is 0.200. The fourth-order valence-electron chi connectivity index (χ4n) is 0.958. The lowest BCUT2D eigenvalue weighted by atomic mass is 10.0. The quantitative estimate of drug-likeness (QED) is 0.491. The minimum absolute atomic E-state index is 0.00472. The molecule has 1 aromatic rings. The van der Waals surface area contributed by atoms with E-state index in [1.54, 1.807) is 25.4 Å². The van der Waals surface area contributed by atoms with Gasteiger partial charge in [-0.05, 0) is 31.1 Å². The van der Waals surface area contributed by atoms with Crippen LogP contribution in [-0.2, 0) is 0 Å². The maximum atomic E-state index is 11.4. The molecular formula is C10H11NO. The van der Waals surface area contributed by atoms with Gasteiger partial charge in [0.05, 0.1) is 0 Å². The van der Waals surface area contributed by atoms with Gasteiger partial charge < -0.3 is 0 Å². The average molecular weight is 161 g/mol. The highest BCUT2D eigenvalue weighted by atomic mass is 16.1. The van der Waals surface area contributed by atoms with E-state index >= 15 is 0 Å². The summed E-state index contributed by atoms with van der Waals surface area (Å²) in [5, 5.41) is 0. The first-order valence-electron chi connectivity index (χ1n) is 3.73. The van der Waals surface area contributed by atoms with Crippen LogP contribution in [0.15, 0.2) is 30.6 Å². The maximum absolute atomic E-state index is 11.4. The van der Waals surface area contributed by atoms with Crippen LogP contribution >= 0.6 is 0 Å². The second-order valence-corrected chi connectivity index (χ2v) is 2.80. The van der Waals surface area contributed by atoms with E-state index in [-0.39, 0.29) is 5.78 Å². The van der Waals surface area contributed by atoms with E-state index < -0.39 is 0 Å². The lowest BCUT2D eigenvalue weighted by Crippen LogP contribution is -2.02. The monoisotopic (exact) mass is 161 g/mol. The molecule has 0 aliphatic rings. The van der Waals surface area contributed by atoms with Crippen LogP contribution in [0.5, 0.6) is 0 Å². The maximum Gasteiger partial charge on any atom is 0.188 e. The van der Waals surface area contributed by atoms with E-state index in [2.05, 4.69) is 11.6 Å². The average Bonchev–Trinajstić information content (AvgIpc) is 2.04. The zero-order chi connectivity index (χ0) is 9.14. The van der Waals surface area contributed by atoms with Gasteiger partial charge in [0.2, 0.25) is 0 Å². The number of pyridine rings is 1. The van der Waals surface area contributed by atoms with Gasteiger partial charge in [-0.25, -0.2) is 0 Å². The molecule has 0 aliphatic heterocycles. The third-order valence-corrected chi connectivity index (χ3v) is 1.65. The zero-order valence-electron chi connectivity index (χ0n) is 7.29. The molecule has 0 aromatic carbocycles. The summed E-state index contributed by atoms with van der Waals surface area (Å²) in [6.45, 7) is 7.18. The topological polar surface area (TPSA) is 30.0 Å². The molecule has 0 N–H and O–H groups in total. The molecule has 0 atom stereocenters. The van der Waals surface area contributed by atoms with Gasteiger partial charge in [0.15, 0.2) is 5.78 Å². The standard InChI is InChI=1S/C10H11NO/c1-7(2)10(12)9-4-5-11-6-8(9)3/h4-6H,1H2,2-3H3. The Morgan fingerprint density at radius 3 is 2.75 bits per heavy atom. The predicted molar refractivity (Wildman–Crippen MR) is 48.1 cm³/mol. The Kier molecular flexibility index (Phi) is 2.38. The Morgan fingerprint density at radius 2 is 2.25 bits per heavy atom. The van der Waals surface area contributed by atoms with E-state index in [9.17, 15) is 4.79 Å². The molecule has 0 aliphatic carbocycles. The summed E-state index contributed by atoms with van der Waals surface area (Å²) < 4.78 is 0. The van der Waals surface area contributed by atoms with Crippen molar-refractivity contribution in [2.24, 2.45) is 0 Å². The minimum atomic E-state index is -0.00472. The molecule has 0 saturated heterocycles. The third-order valence-electron chi connectivity index (χ3n) is 1.65. The summed E-state index contributed by atoms with van der Waals surface area (Å²) in [6.07, 6.45) is 3.29. The summed E-state index contributed by atoms with van der Waals surface area (Å²) in [7, 11) is 0. The molecule has 62 valence electrons. The van der Waals surface area contributed by atoms with E-state index in [0.717, 1.165) is 5.56 Å². The number of hydrogen-bond acceptors (Lipinski definition) is 2. The van der Waals surface area contributed by atoms with Gasteiger partial charge in [0, 0.05) is 18.0 Å². The van der Waals surface area contributed by atoms with Crippen molar-refractivity contribution in [1.29, 1.82) is 0 Å². The van der Waals surface area contributed by atoms with Crippen LogP contribution in [0.2, 0.25) is 0 Å². The molecule has 2 nitrogen and oxygen atoms in total. The van der Waals surface area contributed by atoms with Crippen molar-refractivity contribution < 1.29 is 4.79 Å². The molecule has 12 heavy (non-hydrogen) atoms. The van der Waals surface area contributed by atoms with Gasteiger partial charge in [-0.15, -0.1) is 0 Å². The van der Waals surface area contributed by atoms with Gasteiger partial charge in [-0.1, -0.05) is 6.58 Å². The Balaban J connectivity index is 3.11. The van der Waals surface area contributed by atoms with Crippen molar-refractivity contribution in [3.05, 3.63) is 41.7 Å². The first kappa shape index (κ1) is 8.65. The van der Waals surface area contributed by atoms with Gasteiger partial charge in [0.25, 0.3) is 0 Å². The molecule has 0 radical (unpaired) electrons. The number of allylic oxidation sites excluding steroid dienone is 1. The van der Waals surface area contributed by atoms with E-state index in [0.29, 0.717) is 11.1 Å². The van der Waals surface area contributed by atoms with Crippen LogP contribution in [0, 0.1) is 6.92 Å². The highest BCUT2D eigenvalue weighted by Crippen LogP contribution is 2.09. The second kappa shape index (κ2) is 3.30. The Labute approximate surface area is 71.9 Å². The summed E-state index contributed by atoms with van der Waals surface area (Å²) in [6, 6.07) is 1.71. The first-order chi connectivity index (χ1) is 5.63. The second-order valence-electron chi connectivity index (χ2n) is 2.80. The van der Waals surface area contributed by atoms with Gasteiger partial charge in [-0.2, -0.15) is 0 Å². The lowest BCUT2D eigenvalue weighted by molar-refractivity contribution is 0.103. The molecule has 0 bridgehead atoms. The van der Waals surface area contributed by atoms with Crippen molar-refractivity contribution in [3.8, 4) is 0 Å². The van der Waals surface area contributed by atoms with Gasteiger partial charge in [0.1, 0.15) is 0 Å². The number of aryl methyl sites for hydroxylation is 1. The number of carbonyl (C=O) groups is 1. The molecule has 2 heteroatoms. The van der Waals surface area contributed by atoms with Crippen molar-refractivity contribution in [1.82, 2.24) is 4.98 Å². The SMILES string of the molecule is C=C(C)C(=O)c1ccncc1C. The Bertz CT molecular complexity index is 328. The Morgan fingerprint density at radius 1 is 1.58 bits per heavy atom. The molecular weight excluding hydrogens is 150 g/mol. The summed E-state index contributed by atoms with van der Waals surface area (Å²) in [5.41, 5.74) is 2.15. The summed E-state index contributed by atoms with van der Waals surface area (Å²) >= 11 is 0. The van der Waals surface area contributed by atoms with Crippen LogP contribution < -0.4 is 0 Å². The van der Waals surface area contributed by atoms with Gasteiger partial charge >= 0.3 is 0 Å². The van der Waals surface area contributed by atoms with E-state index in [1.807, 2.05) is 6.92 Å². The third kappa shape index (κ3) is 1.59. The molecule has 0 amide bonds. The molecule has 1 aromatic heterocycles. The van der Waals surface area contributed by atoms with E-state index in [4.69, 9.17) is 0 Å². The molecule has 0 saturated carbocycles. The van der Waals surface area contributed by atoms with Crippen LogP contribution in [0.3, 0.4) is 0 Å². The highest BCUT2D eigenvalue weighted by molar-refractivity contribution is 6.08. The van der Waals surface area contributed by atoms with E-state index in [1.165, 1.54) is 0 Å². The van der Waals surface area contributed by atoms with Gasteiger partial charge in [-0.3, -0.25) is 9.78 Å². The number of aromatic nitrogens is 1. The first-order valence-corrected chi connectivity index (χ1v) is 3.73. The van der Waals surface area contributed by atoms with Crippen molar-refractivity contribution in [2.45, 2.75) is 13.8 Å². The number of rotatable bonds is 2. The molecule has 0 unspecified atom stereocenters. The van der Waals surface area contributed by atoms with Crippen LogP contribution in [0.25, 0.3) is 0 Å². The normalized spacial score (nSPS) is 9.50. The molecule has 0 spiro atoms. The Hall–Kier alpha value is -1.44. The van der Waals surface area contributed by atoms with Crippen LogP contribution in [0.1, 0.15) is 22.8 Å².